The highest BCUT2D eigenvalue weighted by molar-refractivity contribution is 5.75. The molecule has 0 spiro atoms. The SMILES string of the molecule is CN(CC(N)=O)Cc1cc(F)cc(C(F)(F)F)c1. The number of nitrogens with two attached hydrogens (primary N) is 1. The van der Waals surface area contributed by atoms with Gasteiger partial charge in [-0.2, -0.15) is 13.2 Å². The van der Waals surface area contributed by atoms with Gasteiger partial charge in [0.25, 0.3) is 0 Å². The fourth-order valence-electron chi connectivity index (χ4n) is 1.54. The molecule has 0 bridgehead atoms. The van der Waals surface area contributed by atoms with E-state index in [-0.39, 0.29) is 18.7 Å². The van der Waals surface area contributed by atoms with Crippen molar-refractivity contribution in [1.82, 2.24) is 4.90 Å². The maximum absolute atomic E-state index is 13.1. The van der Waals surface area contributed by atoms with E-state index in [9.17, 15) is 22.4 Å². The lowest BCUT2D eigenvalue weighted by molar-refractivity contribution is -0.137. The first-order valence-corrected chi connectivity index (χ1v) is 5.02. The number of halogens is 4. The second kappa shape index (κ2) is 5.34. The van der Waals surface area contributed by atoms with Crippen molar-refractivity contribution in [3.05, 3.63) is 35.1 Å². The standard InChI is InChI=1S/C11H12F4N2O/c1-17(6-10(16)18)5-7-2-8(11(13,14)15)4-9(12)3-7/h2-4H,5-6H2,1H3,(H2,16,18). The van der Waals surface area contributed by atoms with Gasteiger partial charge in [0.15, 0.2) is 0 Å². The lowest BCUT2D eigenvalue weighted by Crippen LogP contribution is -2.30. The van der Waals surface area contributed by atoms with Crippen molar-refractivity contribution >= 4 is 5.91 Å². The van der Waals surface area contributed by atoms with Crippen molar-refractivity contribution in [2.75, 3.05) is 13.6 Å². The van der Waals surface area contributed by atoms with E-state index in [1.165, 1.54) is 11.9 Å². The Bertz CT molecular complexity index is 445. The zero-order chi connectivity index (χ0) is 13.9. The van der Waals surface area contributed by atoms with Gasteiger partial charge in [-0.25, -0.2) is 4.39 Å². The predicted octanol–water partition coefficient (Wildman–Crippen LogP) is 1.76. The largest absolute Gasteiger partial charge is 0.416 e. The Morgan fingerprint density at radius 2 is 1.94 bits per heavy atom. The Kier molecular flexibility index (Phi) is 4.28. The monoisotopic (exact) mass is 264 g/mol. The molecule has 18 heavy (non-hydrogen) atoms. The molecule has 1 aromatic rings. The van der Waals surface area contributed by atoms with E-state index >= 15 is 0 Å². The van der Waals surface area contributed by atoms with Crippen molar-refractivity contribution in [3.8, 4) is 0 Å². The van der Waals surface area contributed by atoms with Crippen molar-refractivity contribution in [3.63, 3.8) is 0 Å². The summed E-state index contributed by atoms with van der Waals surface area (Å²) in [6, 6.07) is 2.27. The number of hydrogen-bond acceptors (Lipinski definition) is 2. The fraction of sp³-hybridized carbons (Fsp3) is 0.364. The van der Waals surface area contributed by atoms with Gasteiger partial charge in [0.05, 0.1) is 12.1 Å². The molecule has 0 fully saturated rings. The lowest BCUT2D eigenvalue weighted by Gasteiger charge is -2.16. The number of benzene rings is 1. The molecule has 0 aromatic heterocycles. The first-order valence-electron chi connectivity index (χ1n) is 5.02. The van der Waals surface area contributed by atoms with Crippen LogP contribution < -0.4 is 5.73 Å². The molecule has 1 rings (SSSR count). The molecule has 0 saturated carbocycles. The fourth-order valence-corrected chi connectivity index (χ4v) is 1.54. The van der Waals surface area contributed by atoms with Gasteiger partial charge in [0.1, 0.15) is 5.82 Å². The van der Waals surface area contributed by atoms with Gasteiger partial charge in [-0.05, 0) is 30.8 Å². The van der Waals surface area contributed by atoms with Crippen LogP contribution in [0.2, 0.25) is 0 Å². The van der Waals surface area contributed by atoms with Crippen LogP contribution in [-0.4, -0.2) is 24.4 Å². The summed E-state index contributed by atoms with van der Waals surface area (Å²) in [6.45, 7) is -0.109. The third kappa shape index (κ3) is 4.33. The number of hydrogen-bond donors (Lipinski definition) is 1. The average Bonchev–Trinajstić information content (AvgIpc) is 2.13. The molecule has 0 aliphatic carbocycles. The Hall–Kier alpha value is -1.63. The molecular weight excluding hydrogens is 252 g/mol. The van der Waals surface area contributed by atoms with Crippen molar-refractivity contribution in [1.29, 1.82) is 0 Å². The zero-order valence-electron chi connectivity index (χ0n) is 9.59. The van der Waals surface area contributed by atoms with Gasteiger partial charge in [0, 0.05) is 6.54 Å². The molecule has 1 amide bonds. The van der Waals surface area contributed by atoms with Crippen LogP contribution in [0.4, 0.5) is 17.6 Å². The number of rotatable bonds is 4. The first kappa shape index (κ1) is 14.4. The maximum Gasteiger partial charge on any atom is 0.416 e. The summed E-state index contributed by atoms with van der Waals surface area (Å²) < 4.78 is 50.4. The highest BCUT2D eigenvalue weighted by Crippen LogP contribution is 2.30. The number of alkyl halides is 3. The molecule has 0 aliphatic heterocycles. The van der Waals surface area contributed by atoms with Crippen LogP contribution >= 0.6 is 0 Å². The second-order valence-electron chi connectivity index (χ2n) is 3.98. The van der Waals surface area contributed by atoms with E-state index in [2.05, 4.69) is 0 Å². The van der Waals surface area contributed by atoms with E-state index in [0.29, 0.717) is 6.07 Å². The minimum Gasteiger partial charge on any atom is -0.369 e. The van der Waals surface area contributed by atoms with Gasteiger partial charge < -0.3 is 5.73 Å². The summed E-state index contributed by atoms with van der Waals surface area (Å²) in [5.41, 5.74) is 4.02. The van der Waals surface area contributed by atoms with Gasteiger partial charge >= 0.3 is 6.18 Å². The molecule has 0 radical (unpaired) electrons. The van der Waals surface area contributed by atoms with Gasteiger partial charge in [-0.15, -0.1) is 0 Å². The van der Waals surface area contributed by atoms with Crippen molar-refractivity contribution in [2.45, 2.75) is 12.7 Å². The predicted molar refractivity (Wildman–Crippen MR) is 56.9 cm³/mol. The van der Waals surface area contributed by atoms with Crippen LogP contribution in [0.3, 0.4) is 0 Å². The Labute approximate surface area is 101 Å². The molecule has 1 aromatic carbocycles. The summed E-state index contributed by atoms with van der Waals surface area (Å²) in [5, 5.41) is 0. The van der Waals surface area contributed by atoms with Crippen LogP contribution in [0.15, 0.2) is 18.2 Å². The number of nitrogens with zero attached hydrogens (tertiary/aromatic N) is 1. The molecule has 0 unspecified atom stereocenters. The third-order valence-electron chi connectivity index (χ3n) is 2.16. The quantitative estimate of drug-likeness (QED) is 0.842. The molecule has 2 N–H and O–H groups in total. The molecule has 0 atom stereocenters. The third-order valence-corrected chi connectivity index (χ3v) is 2.16. The van der Waals surface area contributed by atoms with Crippen LogP contribution in [0.25, 0.3) is 0 Å². The summed E-state index contributed by atoms with van der Waals surface area (Å²) in [6.07, 6.45) is -4.60. The van der Waals surface area contributed by atoms with E-state index < -0.39 is 23.5 Å². The second-order valence-corrected chi connectivity index (χ2v) is 3.98. The zero-order valence-corrected chi connectivity index (χ0v) is 9.59. The Morgan fingerprint density at radius 1 is 1.33 bits per heavy atom. The highest BCUT2D eigenvalue weighted by atomic mass is 19.4. The number of primary amides is 1. The lowest BCUT2D eigenvalue weighted by atomic mass is 10.1. The molecule has 100 valence electrons. The summed E-state index contributed by atoms with van der Waals surface area (Å²) in [5.74, 6) is -1.57. The van der Waals surface area contributed by atoms with Crippen LogP contribution in [-0.2, 0) is 17.5 Å². The smallest absolute Gasteiger partial charge is 0.369 e. The number of carbonyl (C=O) groups is 1. The molecule has 7 heteroatoms. The van der Waals surface area contributed by atoms with Gasteiger partial charge in [0.2, 0.25) is 5.91 Å². The minimum absolute atomic E-state index is 0.00375. The first-order chi connectivity index (χ1) is 8.18. The summed E-state index contributed by atoms with van der Waals surface area (Å²) in [4.78, 5) is 12.0. The topological polar surface area (TPSA) is 46.3 Å². The minimum atomic E-state index is -4.60. The summed E-state index contributed by atoms with van der Waals surface area (Å²) >= 11 is 0. The van der Waals surface area contributed by atoms with Crippen LogP contribution in [0, 0.1) is 5.82 Å². The molecule has 0 heterocycles. The number of carbonyl (C=O) groups excluding carboxylic acids is 1. The molecule has 0 aliphatic rings. The van der Waals surface area contributed by atoms with Crippen molar-refractivity contribution < 1.29 is 22.4 Å². The molecule has 0 saturated heterocycles. The van der Waals surface area contributed by atoms with E-state index in [0.717, 1.165) is 12.1 Å². The maximum atomic E-state index is 13.1. The Balaban J connectivity index is 2.90. The number of amides is 1. The normalized spacial score (nSPS) is 11.9. The van der Waals surface area contributed by atoms with Gasteiger partial charge in [-0.1, -0.05) is 0 Å². The highest BCUT2D eigenvalue weighted by Gasteiger charge is 2.31. The van der Waals surface area contributed by atoms with Crippen molar-refractivity contribution in [2.24, 2.45) is 5.73 Å². The van der Waals surface area contributed by atoms with E-state index in [1.807, 2.05) is 0 Å². The number of likely N-dealkylation sites (N-methyl/N-ethyl adjacent to an activating group) is 1. The average molecular weight is 264 g/mol. The van der Waals surface area contributed by atoms with E-state index in [4.69, 9.17) is 5.73 Å². The summed E-state index contributed by atoms with van der Waals surface area (Å²) in [7, 11) is 1.50. The van der Waals surface area contributed by atoms with Crippen LogP contribution in [0.1, 0.15) is 11.1 Å². The Morgan fingerprint density at radius 3 is 2.44 bits per heavy atom. The van der Waals surface area contributed by atoms with Gasteiger partial charge in [-0.3, -0.25) is 9.69 Å². The van der Waals surface area contributed by atoms with E-state index in [1.54, 1.807) is 0 Å². The molecular formula is C11H12F4N2O. The van der Waals surface area contributed by atoms with Crippen LogP contribution in [0.5, 0.6) is 0 Å². The molecule has 3 nitrogen and oxygen atoms in total.